The number of para-hydroxylation sites is 2. The predicted octanol–water partition coefficient (Wildman–Crippen LogP) is 4.27. The maximum absolute atomic E-state index is 5.99. The van der Waals surface area contributed by atoms with Crippen LogP contribution >= 0.6 is 0 Å². The third-order valence-corrected chi connectivity index (χ3v) is 4.99. The SMILES string of the molecule is CC(C)c1noc([C@@H](C)N2CCC[C@H](c3nc4ccccc4o3)C2)n1. The lowest BCUT2D eigenvalue weighted by atomic mass is 9.97. The molecule has 1 saturated heterocycles. The Hall–Kier alpha value is -2.21. The molecule has 6 heteroatoms. The predicted molar refractivity (Wildman–Crippen MR) is 94.4 cm³/mol. The lowest BCUT2D eigenvalue weighted by molar-refractivity contribution is 0.126. The Morgan fingerprint density at radius 2 is 2.00 bits per heavy atom. The molecule has 0 bridgehead atoms. The van der Waals surface area contributed by atoms with Gasteiger partial charge in [0.1, 0.15) is 5.52 Å². The number of likely N-dealkylation sites (tertiary alicyclic amines) is 1. The largest absolute Gasteiger partial charge is 0.440 e. The maximum atomic E-state index is 5.99. The van der Waals surface area contributed by atoms with Crippen molar-refractivity contribution in [1.29, 1.82) is 0 Å². The summed E-state index contributed by atoms with van der Waals surface area (Å²) in [6, 6.07) is 8.05. The van der Waals surface area contributed by atoms with Gasteiger partial charge in [-0.2, -0.15) is 4.98 Å². The number of aromatic nitrogens is 3. The quantitative estimate of drug-likeness (QED) is 0.706. The maximum Gasteiger partial charge on any atom is 0.243 e. The van der Waals surface area contributed by atoms with Crippen LogP contribution in [-0.4, -0.2) is 33.1 Å². The minimum atomic E-state index is 0.104. The van der Waals surface area contributed by atoms with E-state index in [0.29, 0.717) is 11.8 Å². The summed E-state index contributed by atoms with van der Waals surface area (Å²) < 4.78 is 11.5. The Morgan fingerprint density at radius 3 is 2.76 bits per heavy atom. The monoisotopic (exact) mass is 340 g/mol. The normalized spacial score (nSPS) is 20.4. The van der Waals surface area contributed by atoms with Crippen LogP contribution < -0.4 is 0 Å². The van der Waals surface area contributed by atoms with Crippen molar-refractivity contribution in [2.75, 3.05) is 13.1 Å². The van der Waals surface area contributed by atoms with Gasteiger partial charge in [-0.3, -0.25) is 4.90 Å². The van der Waals surface area contributed by atoms with Crippen molar-refractivity contribution >= 4 is 11.1 Å². The average Bonchev–Trinajstić information content (AvgIpc) is 3.28. The number of fused-ring (bicyclic) bond motifs is 1. The third-order valence-electron chi connectivity index (χ3n) is 4.99. The minimum absolute atomic E-state index is 0.104. The highest BCUT2D eigenvalue weighted by molar-refractivity contribution is 5.72. The Morgan fingerprint density at radius 1 is 1.16 bits per heavy atom. The molecular formula is C19H24N4O2. The summed E-state index contributed by atoms with van der Waals surface area (Å²) in [6.07, 6.45) is 2.20. The van der Waals surface area contributed by atoms with E-state index in [1.807, 2.05) is 24.3 Å². The molecular weight excluding hydrogens is 316 g/mol. The molecule has 1 aliphatic heterocycles. The first-order valence-electron chi connectivity index (χ1n) is 9.05. The average molecular weight is 340 g/mol. The van der Waals surface area contributed by atoms with Gasteiger partial charge in [0.2, 0.25) is 5.89 Å². The van der Waals surface area contributed by atoms with Gasteiger partial charge in [0.15, 0.2) is 17.3 Å². The summed E-state index contributed by atoms with van der Waals surface area (Å²) in [5, 5.41) is 4.09. The number of piperidine rings is 1. The Bertz CT molecular complexity index is 821. The van der Waals surface area contributed by atoms with Crippen molar-refractivity contribution in [2.24, 2.45) is 0 Å². The molecule has 3 heterocycles. The first-order valence-corrected chi connectivity index (χ1v) is 9.05. The first-order chi connectivity index (χ1) is 12.1. The van der Waals surface area contributed by atoms with Crippen LogP contribution in [0.4, 0.5) is 0 Å². The Labute approximate surface area is 147 Å². The molecule has 132 valence electrons. The molecule has 1 aromatic carbocycles. The van der Waals surface area contributed by atoms with Gasteiger partial charge in [-0.05, 0) is 38.4 Å². The van der Waals surface area contributed by atoms with Gasteiger partial charge in [-0.15, -0.1) is 0 Å². The van der Waals surface area contributed by atoms with Crippen molar-refractivity contribution < 1.29 is 8.94 Å². The van der Waals surface area contributed by atoms with E-state index in [1.165, 1.54) is 0 Å². The zero-order valence-corrected chi connectivity index (χ0v) is 15.0. The second-order valence-corrected chi connectivity index (χ2v) is 7.18. The molecule has 0 amide bonds. The Balaban J connectivity index is 1.51. The summed E-state index contributed by atoms with van der Waals surface area (Å²) in [5.74, 6) is 2.89. The van der Waals surface area contributed by atoms with Gasteiger partial charge in [0.05, 0.1) is 6.04 Å². The number of nitrogens with zero attached hydrogens (tertiary/aromatic N) is 4. The summed E-state index contributed by atoms with van der Waals surface area (Å²) >= 11 is 0. The fraction of sp³-hybridized carbons (Fsp3) is 0.526. The highest BCUT2D eigenvalue weighted by atomic mass is 16.5. The van der Waals surface area contributed by atoms with E-state index < -0.39 is 0 Å². The summed E-state index contributed by atoms with van der Waals surface area (Å²) in [7, 11) is 0. The zero-order valence-electron chi connectivity index (χ0n) is 15.0. The van der Waals surface area contributed by atoms with Crippen molar-refractivity contribution in [3.63, 3.8) is 0 Å². The second kappa shape index (κ2) is 6.59. The fourth-order valence-electron chi connectivity index (χ4n) is 3.43. The van der Waals surface area contributed by atoms with E-state index in [1.54, 1.807) is 0 Å². The molecule has 0 radical (unpaired) electrons. The fourth-order valence-corrected chi connectivity index (χ4v) is 3.43. The molecule has 4 rings (SSSR count). The summed E-state index contributed by atoms with van der Waals surface area (Å²) in [4.78, 5) is 11.6. The van der Waals surface area contributed by atoms with Crippen LogP contribution in [0, 0.1) is 0 Å². The third kappa shape index (κ3) is 3.18. The second-order valence-electron chi connectivity index (χ2n) is 7.18. The van der Waals surface area contributed by atoms with Crippen LogP contribution in [0.5, 0.6) is 0 Å². The van der Waals surface area contributed by atoms with Crippen molar-refractivity contribution in [3.05, 3.63) is 41.9 Å². The molecule has 1 aliphatic rings. The molecule has 6 nitrogen and oxygen atoms in total. The van der Waals surface area contributed by atoms with E-state index in [4.69, 9.17) is 8.94 Å². The van der Waals surface area contributed by atoms with Crippen LogP contribution in [-0.2, 0) is 0 Å². The molecule has 0 saturated carbocycles. The molecule has 0 unspecified atom stereocenters. The van der Waals surface area contributed by atoms with E-state index in [9.17, 15) is 0 Å². The minimum Gasteiger partial charge on any atom is -0.440 e. The number of oxazole rings is 1. The molecule has 3 aromatic rings. The molecule has 0 aliphatic carbocycles. The van der Waals surface area contributed by atoms with Crippen LogP contribution in [0.1, 0.15) is 69.1 Å². The van der Waals surface area contributed by atoms with Crippen molar-refractivity contribution in [1.82, 2.24) is 20.0 Å². The van der Waals surface area contributed by atoms with Gasteiger partial charge in [0, 0.05) is 18.4 Å². The van der Waals surface area contributed by atoms with E-state index in [2.05, 4.69) is 40.8 Å². The Kier molecular flexibility index (Phi) is 4.29. The number of benzene rings is 1. The van der Waals surface area contributed by atoms with E-state index >= 15 is 0 Å². The summed E-state index contributed by atoms with van der Waals surface area (Å²) in [6.45, 7) is 8.20. The smallest absolute Gasteiger partial charge is 0.243 e. The van der Waals surface area contributed by atoms with Crippen molar-refractivity contribution in [2.45, 2.75) is 51.5 Å². The van der Waals surface area contributed by atoms with Gasteiger partial charge >= 0.3 is 0 Å². The molecule has 0 N–H and O–H groups in total. The zero-order chi connectivity index (χ0) is 17.4. The lowest BCUT2D eigenvalue weighted by Crippen LogP contribution is -2.36. The van der Waals surface area contributed by atoms with Crippen LogP contribution in [0.25, 0.3) is 11.1 Å². The van der Waals surface area contributed by atoms with E-state index in [0.717, 1.165) is 48.7 Å². The number of rotatable bonds is 4. The molecule has 2 aromatic heterocycles. The van der Waals surface area contributed by atoms with Crippen molar-refractivity contribution in [3.8, 4) is 0 Å². The van der Waals surface area contributed by atoms with Gasteiger partial charge < -0.3 is 8.94 Å². The van der Waals surface area contributed by atoms with Gasteiger partial charge in [0.25, 0.3) is 0 Å². The number of hydrogen-bond donors (Lipinski definition) is 0. The van der Waals surface area contributed by atoms with Crippen LogP contribution in [0.2, 0.25) is 0 Å². The lowest BCUT2D eigenvalue weighted by Gasteiger charge is -2.34. The molecule has 25 heavy (non-hydrogen) atoms. The number of hydrogen-bond acceptors (Lipinski definition) is 6. The standard InChI is InChI=1S/C19H24N4O2/c1-12(2)17-21-18(25-22-17)13(3)23-10-6-7-14(11-23)19-20-15-8-4-5-9-16(15)24-19/h4-5,8-9,12-14H,6-7,10-11H2,1-3H3/t13-,14+/m1/s1. The van der Waals surface area contributed by atoms with Crippen LogP contribution in [0.15, 0.2) is 33.2 Å². The highest BCUT2D eigenvalue weighted by Crippen LogP contribution is 2.32. The van der Waals surface area contributed by atoms with Gasteiger partial charge in [-0.1, -0.05) is 31.1 Å². The molecule has 1 fully saturated rings. The van der Waals surface area contributed by atoms with Gasteiger partial charge in [-0.25, -0.2) is 4.98 Å². The highest BCUT2D eigenvalue weighted by Gasteiger charge is 2.30. The van der Waals surface area contributed by atoms with Crippen LogP contribution in [0.3, 0.4) is 0 Å². The summed E-state index contributed by atoms with van der Waals surface area (Å²) in [5.41, 5.74) is 1.79. The molecule has 2 atom stereocenters. The first kappa shape index (κ1) is 16.3. The van der Waals surface area contributed by atoms with E-state index in [-0.39, 0.29) is 12.0 Å². The molecule has 0 spiro atoms. The topological polar surface area (TPSA) is 68.2 Å².